The molecule has 96 valence electrons. The van der Waals surface area contributed by atoms with E-state index in [-0.39, 0.29) is 0 Å². The summed E-state index contributed by atoms with van der Waals surface area (Å²) in [5.41, 5.74) is 1.21. The Kier molecular flexibility index (Phi) is 3.72. The Morgan fingerprint density at radius 1 is 1.59 bits per heavy atom. The molecule has 1 aromatic rings. The van der Waals surface area contributed by atoms with Gasteiger partial charge in [0.2, 0.25) is 0 Å². The van der Waals surface area contributed by atoms with Crippen molar-refractivity contribution < 1.29 is 4.74 Å². The van der Waals surface area contributed by atoms with Crippen LogP contribution in [-0.2, 0) is 6.54 Å². The van der Waals surface area contributed by atoms with Crippen molar-refractivity contribution in [2.75, 3.05) is 13.7 Å². The summed E-state index contributed by atoms with van der Waals surface area (Å²) in [4.78, 5) is 0. The third-order valence-corrected chi connectivity index (χ3v) is 3.68. The first-order chi connectivity index (χ1) is 8.22. The lowest BCUT2D eigenvalue weighted by Crippen LogP contribution is -2.26. The SMILES string of the molecule is CCNC(c1c(OC)cnn1CC)C1CC1C. The molecule has 0 radical (unpaired) electrons. The van der Waals surface area contributed by atoms with Crippen LogP contribution in [0.1, 0.15) is 38.9 Å². The second-order valence-electron chi connectivity index (χ2n) is 4.83. The molecule has 4 nitrogen and oxygen atoms in total. The fourth-order valence-electron chi connectivity index (χ4n) is 2.59. The molecule has 1 aliphatic rings. The minimum absolute atomic E-state index is 0.382. The minimum atomic E-state index is 0.382. The summed E-state index contributed by atoms with van der Waals surface area (Å²) in [5, 5.41) is 7.98. The first kappa shape index (κ1) is 12.4. The molecular weight excluding hydrogens is 214 g/mol. The highest BCUT2D eigenvalue weighted by molar-refractivity contribution is 5.30. The highest BCUT2D eigenvalue weighted by atomic mass is 16.5. The smallest absolute Gasteiger partial charge is 0.161 e. The average molecular weight is 237 g/mol. The molecular formula is C13H23N3O. The summed E-state index contributed by atoms with van der Waals surface area (Å²) in [5.74, 6) is 2.45. The Bertz CT molecular complexity index is 353. The van der Waals surface area contributed by atoms with Gasteiger partial charge < -0.3 is 10.1 Å². The molecule has 17 heavy (non-hydrogen) atoms. The van der Waals surface area contributed by atoms with Crippen LogP contribution in [0.3, 0.4) is 0 Å². The van der Waals surface area contributed by atoms with E-state index in [0.717, 1.165) is 30.7 Å². The van der Waals surface area contributed by atoms with E-state index in [1.807, 2.05) is 6.20 Å². The zero-order valence-electron chi connectivity index (χ0n) is 11.2. The summed E-state index contributed by atoms with van der Waals surface area (Å²) in [7, 11) is 1.72. The number of ether oxygens (including phenoxy) is 1. The molecule has 0 aliphatic heterocycles. The van der Waals surface area contributed by atoms with Crippen molar-refractivity contribution >= 4 is 0 Å². The van der Waals surface area contributed by atoms with Crippen molar-refractivity contribution in [3.05, 3.63) is 11.9 Å². The highest BCUT2D eigenvalue weighted by Gasteiger charge is 2.42. The van der Waals surface area contributed by atoms with Gasteiger partial charge in [0.15, 0.2) is 5.75 Å². The fourth-order valence-corrected chi connectivity index (χ4v) is 2.59. The molecule has 3 unspecified atom stereocenters. The summed E-state index contributed by atoms with van der Waals surface area (Å²) < 4.78 is 7.50. The Morgan fingerprint density at radius 2 is 2.29 bits per heavy atom. The van der Waals surface area contributed by atoms with Gasteiger partial charge in [-0.25, -0.2) is 0 Å². The zero-order chi connectivity index (χ0) is 12.4. The molecule has 4 heteroatoms. The van der Waals surface area contributed by atoms with Crippen LogP contribution >= 0.6 is 0 Å². The maximum Gasteiger partial charge on any atom is 0.161 e. The van der Waals surface area contributed by atoms with Gasteiger partial charge in [0.25, 0.3) is 0 Å². The van der Waals surface area contributed by atoms with E-state index in [1.54, 1.807) is 7.11 Å². The van der Waals surface area contributed by atoms with Gasteiger partial charge in [0.05, 0.1) is 25.0 Å². The van der Waals surface area contributed by atoms with Gasteiger partial charge in [-0.1, -0.05) is 13.8 Å². The molecule has 0 aromatic carbocycles. The normalized spacial score (nSPS) is 24.7. The minimum Gasteiger partial charge on any atom is -0.493 e. The van der Waals surface area contributed by atoms with Crippen molar-refractivity contribution in [3.63, 3.8) is 0 Å². The largest absolute Gasteiger partial charge is 0.493 e. The van der Waals surface area contributed by atoms with Gasteiger partial charge in [0.1, 0.15) is 0 Å². The van der Waals surface area contributed by atoms with Crippen LogP contribution in [0.15, 0.2) is 6.20 Å². The molecule has 1 heterocycles. The maximum atomic E-state index is 5.44. The fraction of sp³-hybridized carbons (Fsp3) is 0.769. The topological polar surface area (TPSA) is 39.1 Å². The number of methoxy groups -OCH3 is 1. The number of rotatable bonds is 6. The Balaban J connectivity index is 2.30. The van der Waals surface area contributed by atoms with Crippen molar-refractivity contribution in [2.45, 2.75) is 39.8 Å². The van der Waals surface area contributed by atoms with Crippen molar-refractivity contribution in [3.8, 4) is 5.75 Å². The standard InChI is InChI=1S/C13H23N3O/c1-5-14-12(10-7-9(10)3)13-11(17-4)8-15-16(13)6-2/h8-10,12,14H,5-7H2,1-4H3. The number of aryl methyl sites for hydroxylation is 1. The molecule has 2 rings (SSSR count). The lowest BCUT2D eigenvalue weighted by atomic mass is 10.1. The van der Waals surface area contributed by atoms with Crippen LogP contribution in [0.4, 0.5) is 0 Å². The highest BCUT2D eigenvalue weighted by Crippen LogP contribution is 2.48. The second-order valence-corrected chi connectivity index (χ2v) is 4.83. The molecule has 3 atom stereocenters. The van der Waals surface area contributed by atoms with Crippen molar-refractivity contribution in [2.24, 2.45) is 11.8 Å². The predicted octanol–water partition coefficient (Wildman–Crippen LogP) is 2.22. The maximum absolute atomic E-state index is 5.44. The average Bonchev–Trinajstić information content (AvgIpc) is 2.92. The van der Waals surface area contributed by atoms with E-state index in [9.17, 15) is 0 Å². The van der Waals surface area contributed by atoms with E-state index in [1.165, 1.54) is 12.1 Å². The monoisotopic (exact) mass is 237 g/mol. The number of aromatic nitrogens is 2. The van der Waals surface area contributed by atoms with Crippen LogP contribution in [0.25, 0.3) is 0 Å². The van der Waals surface area contributed by atoms with Crippen LogP contribution in [-0.4, -0.2) is 23.4 Å². The van der Waals surface area contributed by atoms with Crippen molar-refractivity contribution in [1.29, 1.82) is 0 Å². The number of nitrogens with zero attached hydrogens (tertiary/aromatic N) is 2. The number of hydrogen-bond donors (Lipinski definition) is 1. The quantitative estimate of drug-likeness (QED) is 0.824. The molecule has 1 saturated carbocycles. The Labute approximate surface area is 103 Å². The number of hydrogen-bond acceptors (Lipinski definition) is 3. The summed E-state index contributed by atoms with van der Waals surface area (Å²) in [6.45, 7) is 8.45. The predicted molar refractivity (Wildman–Crippen MR) is 68.1 cm³/mol. The first-order valence-electron chi connectivity index (χ1n) is 6.55. The molecule has 0 amide bonds. The van der Waals surface area contributed by atoms with E-state index >= 15 is 0 Å². The number of nitrogens with one attached hydrogen (secondary N) is 1. The van der Waals surface area contributed by atoms with Gasteiger partial charge in [-0.2, -0.15) is 5.10 Å². The third-order valence-electron chi connectivity index (χ3n) is 3.68. The Morgan fingerprint density at radius 3 is 2.76 bits per heavy atom. The summed E-state index contributed by atoms with van der Waals surface area (Å²) in [6.07, 6.45) is 3.13. The summed E-state index contributed by atoms with van der Waals surface area (Å²) >= 11 is 0. The summed E-state index contributed by atoms with van der Waals surface area (Å²) in [6, 6.07) is 0.382. The van der Waals surface area contributed by atoms with Gasteiger partial charge in [-0.3, -0.25) is 4.68 Å². The lowest BCUT2D eigenvalue weighted by molar-refractivity contribution is 0.377. The molecule has 0 bridgehead atoms. The third kappa shape index (κ3) is 2.32. The van der Waals surface area contributed by atoms with Crippen LogP contribution in [0, 0.1) is 11.8 Å². The molecule has 1 aliphatic carbocycles. The molecule has 1 fully saturated rings. The van der Waals surface area contributed by atoms with E-state index in [4.69, 9.17) is 4.74 Å². The van der Waals surface area contributed by atoms with Gasteiger partial charge in [0, 0.05) is 6.54 Å². The lowest BCUT2D eigenvalue weighted by Gasteiger charge is -2.20. The Hall–Kier alpha value is -1.03. The second kappa shape index (κ2) is 5.08. The van der Waals surface area contributed by atoms with Gasteiger partial charge >= 0.3 is 0 Å². The van der Waals surface area contributed by atoms with E-state index in [2.05, 4.69) is 35.9 Å². The molecule has 0 saturated heterocycles. The van der Waals surface area contributed by atoms with Crippen LogP contribution in [0.5, 0.6) is 5.75 Å². The zero-order valence-corrected chi connectivity index (χ0v) is 11.2. The van der Waals surface area contributed by atoms with Crippen molar-refractivity contribution in [1.82, 2.24) is 15.1 Å². The van der Waals surface area contributed by atoms with E-state index < -0.39 is 0 Å². The van der Waals surface area contributed by atoms with E-state index in [0.29, 0.717) is 6.04 Å². The first-order valence-corrected chi connectivity index (χ1v) is 6.55. The van der Waals surface area contributed by atoms with Gasteiger partial charge in [-0.05, 0) is 31.7 Å². The molecule has 1 aromatic heterocycles. The van der Waals surface area contributed by atoms with Gasteiger partial charge in [-0.15, -0.1) is 0 Å². The van der Waals surface area contributed by atoms with Crippen LogP contribution in [0.2, 0.25) is 0 Å². The molecule has 0 spiro atoms. The molecule has 1 N–H and O–H groups in total. The van der Waals surface area contributed by atoms with Crippen LogP contribution < -0.4 is 10.1 Å².